The van der Waals surface area contributed by atoms with Gasteiger partial charge in [0.2, 0.25) is 15.9 Å². The topological polar surface area (TPSA) is 167 Å². The zero-order chi connectivity index (χ0) is 33.2. The number of amides is 2. The molecule has 1 saturated heterocycles. The summed E-state index contributed by atoms with van der Waals surface area (Å²) in [7, 11) is -0.470. The molecule has 1 aromatic heterocycles. The number of ether oxygens (including phenoxy) is 3. The Hall–Kier alpha value is -4.70. The summed E-state index contributed by atoms with van der Waals surface area (Å²) in [5.41, 5.74) is -0.482. The van der Waals surface area contributed by atoms with Gasteiger partial charge in [0.05, 0.1) is 13.2 Å². The van der Waals surface area contributed by atoms with Crippen molar-refractivity contribution < 1.29 is 36.6 Å². The number of nitrogens with one attached hydrogen (secondary N) is 2. The zero-order valence-corrected chi connectivity index (χ0v) is 26.3. The van der Waals surface area contributed by atoms with E-state index in [2.05, 4.69) is 10.6 Å². The first kappa shape index (κ1) is 32.7. The molecule has 5 rings (SSSR count). The Kier molecular flexibility index (Phi) is 9.48. The minimum Gasteiger partial charge on any atom is -0.493 e. The molecule has 0 spiro atoms. The highest BCUT2D eigenvalue weighted by Crippen LogP contribution is 2.29. The molecule has 2 N–H and O–H groups in total. The maximum Gasteiger partial charge on any atom is 0.330 e. The first-order chi connectivity index (χ1) is 21.8. The second kappa shape index (κ2) is 13.3. The highest BCUT2D eigenvalue weighted by atomic mass is 32.2. The first-order valence-electron chi connectivity index (χ1n) is 14.4. The summed E-state index contributed by atoms with van der Waals surface area (Å²) in [6.45, 7) is -0.844. The van der Waals surface area contributed by atoms with Gasteiger partial charge in [-0.05, 0) is 41.8 Å². The van der Waals surface area contributed by atoms with Crippen molar-refractivity contribution >= 4 is 21.8 Å². The number of methoxy groups -OCH3 is 1. The van der Waals surface area contributed by atoms with E-state index in [0.29, 0.717) is 22.3 Å². The third-order valence-corrected chi connectivity index (χ3v) is 9.67. The Labute approximate surface area is 263 Å². The van der Waals surface area contributed by atoms with Crippen LogP contribution in [0.15, 0.2) is 57.1 Å². The third kappa shape index (κ3) is 7.07. The normalized spacial score (nSPS) is 19.7. The molecular weight excluding hydrogens is 625 g/mol. The largest absolute Gasteiger partial charge is 0.493 e. The van der Waals surface area contributed by atoms with Crippen molar-refractivity contribution in [3.63, 3.8) is 0 Å². The second-order valence-corrected chi connectivity index (χ2v) is 13.0. The molecule has 14 nitrogen and oxygen atoms in total. The molecule has 3 aromatic rings. The van der Waals surface area contributed by atoms with Gasteiger partial charge in [-0.3, -0.25) is 19.0 Å². The van der Waals surface area contributed by atoms with Gasteiger partial charge in [0.25, 0.3) is 11.5 Å². The smallest absolute Gasteiger partial charge is 0.330 e. The Morgan fingerprint density at radius 2 is 1.78 bits per heavy atom. The number of rotatable bonds is 3. The van der Waals surface area contributed by atoms with Crippen molar-refractivity contribution in [1.82, 2.24) is 24.1 Å². The molecule has 16 heteroatoms. The first-order valence-corrected chi connectivity index (χ1v) is 15.9. The van der Waals surface area contributed by atoms with Crippen molar-refractivity contribution in [2.75, 3.05) is 26.8 Å². The number of aromatic nitrogens is 2. The van der Waals surface area contributed by atoms with Crippen LogP contribution in [0, 0.1) is 5.82 Å². The second-order valence-electron chi connectivity index (χ2n) is 11.1. The molecule has 2 aromatic carbocycles. The molecule has 46 heavy (non-hydrogen) atoms. The molecular formula is C30H34FN5O9S. The summed E-state index contributed by atoms with van der Waals surface area (Å²) < 4.78 is 61.9. The average molecular weight is 660 g/mol. The van der Waals surface area contributed by atoms with E-state index in [-0.39, 0.29) is 49.9 Å². The van der Waals surface area contributed by atoms with Gasteiger partial charge in [-0.15, -0.1) is 0 Å². The molecule has 2 atom stereocenters. The number of piperidine rings is 1. The maximum absolute atomic E-state index is 14.6. The molecule has 246 valence electrons. The van der Waals surface area contributed by atoms with Crippen molar-refractivity contribution in [1.29, 1.82) is 0 Å². The van der Waals surface area contributed by atoms with E-state index in [0.717, 1.165) is 26.7 Å². The predicted octanol–water partition coefficient (Wildman–Crippen LogP) is 0.200. The number of carbonyl (C=O) groups is 2. The molecule has 2 aliphatic heterocycles. The minimum absolute atomic E-state index is 0.0370. The molecule has 2 aliphatic rings. The third-order valence-electron chi connectivity index (χ3n) is 7.83. The number of sulfonamides is 1. The fraction of sp³-hybridized carbons (Fsp3) is 0.400. The van der Waals surface area contributed by atoms with E-state index >= 15 is 0 Å². The van der Waals surface area contributed by atoms with Gasteiger partial charge < -0.3 is 29.4 Å². The Balaban J connectivity index is 1.47. The summed E-state index contributed by atoms with van der Waals surface area (Å²) in [4.78, 5) is 50.1. The van der Waals surface area contributed by atoms with E-state index in [4.69, 9.17) is 14.2 Å². The number of halogens is 1. The van der Waals surface area contributed by atoms with E-state index in [1.54, 1.807) is 24.3 Å². The van der Waals surface area contributed by atoms with Gasteiger partial charge in [-0.25, -0.2) is 17.6 Å². The lowest BCUT2D eigenvalue weighted by atomic mass is 10.0. The number of aryl methyl sites for hydroxylation is 2. The van der Waals surface area contributed by atoms with Crippen LogP contribution in [0.25, 0.3) is 0 Å². The summed E-state index contributed by atoms with van der Waals surface area (Å²) in [5.74, 6) is -0.717. The van der Waals surface area contributed by atoms with Crippen LogP contribution in [-0.2, 0) is 46.7 Å². The van der Waals surface area contributed by atoms with E-state index in [1.165, 1.54) is 27.3 Å². The number of carbonyl (C=O) groups excluding carboxylic acids is 2. The summed E-state index contributed by atoms with van der Waals surface area (Å²) in [6, 6.07) is 8.10. The number of fused-ring (bicyclic) bond motifs is 5. The Morgan fingerprint density at radius 3 is 2.54 bits per heavy atom. The number of hydrogen-bond donors (Lipinski definition) is 2. The van der Waals surface area contributed by atoms with Crippen LogP contribution in [0.2, 0.25) is 0 Å². The van der Waals surface area contributed by atoms with Crippen LogP contribution in [0.5, 0.6) is 17.2 Å². The highest BCUT2D eigenvalue weighted by molar-refractivity contribution is 7.89. The average Bonchev–Trinajstić information content (AvgIpc) is 3.02. The van der Waals surface area contributed by atoms with E-state index < -0.39 is 56.6 Å². The quantitative estimate of drug-likeness (QED) is 0.399. The zero-order valence-electron chi connectivity index (χ0n) is 25.4. The van der Waals surface area contributed by atoms with E-state index in [9.17, 15) is 32.0 Å². The van der Waals surface area contributed by atoms with E-state index in [1.807, 2.05) is 0 Å². The minimum atomic E-state index is -4.43. The van der Waals surface area contributed by atoms with Gasteiger partial charge in [0.15, 0.2) is 23.0 Å². The highest BCUT2D eigenvalue weighted by Gasteiger charge is 2.39. The van der Waals surface area contributed by atoms with Crippen LogP contribution < -0.4 is 36.1 Å². The fourth-order valence-corrected chi connectivity index (χ4v) is 7.01. The SMILES string of the molecule is COc1ccc2cc1OCC(=O)N[C@@H]1CN(S(=O)(=O)c3cn(C)c(=O)n(C)c3=O)CC[C@H]1Oc1cc(F)cc(c1)CNC(=O)CC2. The summed E-state index contributed by atoms with van der Waals surface area (Å²) in [5, 5.41) is 5.55. The lowest BCUT2D eigenvalue weighted by Gasteiger charge is -2.38. The van der Waals surface area contributed by atoms with Crippen LogP contribution in [0.1, 0.15) is 24.0 Å². The van der Waals surface area contributed by atoms with Crippen LogP contribution in [-0.4, -0.2) is 72.6 Å². The van der Waals surface area contributed by atoms with Gasteiger partial charge in [0, 0.05) is 58.8 Å². The molecule has 4 bridgehead atoms. The molecule has 1 fully saturated rings. The van der Waals surface area contributed by atoms with Crippen molar-refractivity contribution in [2.24, 2.45) is 14.1 Å². The number of benzene rings is 2. The van der Waals surface area contributed by atoms with Gasteiger partial charge in [-0.1, -0.05) is 6.07 Å². The predicted molar refractivity (Wildman–Crippen MR) is 162 cm³/mol. The maximum atomic E-state index is 14.6. The Morgan fingerprint density at radius 1 is 1.00 bits per heavy atom. The lowest BCUT2D eigenvalue weighted by Crippen LogP contribution is -2.59. The molecule has 3 heterocycles. The Bertz CT molecular complexity index is 1890. The summed E-state index contributed by atoms with van der Waals surface area (Å²) in [6.07, 6.45) is 0.713. The van der Waals surface area contributed by atoms with Gasteiger partial charge >= 0.3 is 5.69 Å². The van der Waals surface area contributed by atoms with Crippen molar-refractivity contribution in [3.05, 3.63) is 80.4 Å². The molecule has 0 radical (unpaired) electrons. The van der Waals surface area contributed by atoms with Crippen LogP contribution in [0.4, 0.5) is 4.39 Å². The lowest BCUT2D eigenvalue weighted by molar-refractivity contribution is -0.125. The number of hydrogen-bond acceptors (Lipinski definition) is 9. The molecule has 2 amide bonds. The standard InChI is InChI=1S/C30H34FN5O9S/c1-34-16-26(29(39)35(2)30(34)40)46(41,42)36-9-8-23-22(15-36)33-28(38)17-44-25-12-18(4-6-24(25)43-3)5-7-27(37)32-14-19-10-20(31)13-21(11-19)45-23/h4,6,10-13,16,22-23H,5,7-9,14-15,17H2,1-3H3,(H,32,37)(H,33,38)/t22-,23-/m1/s1. The molecule has 0 aliphatic carbocycles. The monoisotopic (exact) mass is 659 g/mol. The molecule has 0 unspecified atom stereocenters. The van der Waals surface area contributed by atoms with Crippen LogP contribution >= 0.6 is 0 Å². The number of nitrogens with zero attached hydrogens (tertiary/aromatic N) is 3. The molecule has 0 saturated carbocycles. The summed E-state index contributed by atoms with van der Waals surface area (Å²) >= 11 is 0. The fourth-order valence-electron chi connectivity index (χ4n) is 5.38. The van der Waals surface area contributed by atoms with Crippen molar-refractivity contribution in [3.8, 4) is 17.2 Å². The van der Waals surface area contributed by atoms with Gasteiger partial charge in [-0.2, -0.15) is 4.31 Å². The van der Waals surface area contributed by atoms with Crippen molar-refractivity contribution in [2.45, 2.75) is 42.8 Å². The van der Waals surface area contributed by atoms with Crippen LogP contribution in [0.3, 0.4) is 0 Å². The van der Waals surface area contributed by atoms with Gasteiger partial charge in [0.1, 0.15) is 17.7 Å².